The Kier molecular flexibility index (Phi) is 4.24. The molecule has 2 aromatic rings. The van der Waals surface area contributed by atoms with E-state index in [2.05, 4.69) is 31.8 Å². The second kappa shape index (κ2) is 6.21. The number of hydrogen-bond donors (Lipinski definition) is 0. The summed E-state index contributed by atoms with van der Waals surface area (Å²) >= 11 is 0. The maximum Gasteiger partial charge on any atom is 0.261 e. The van der Waals surface area contributed by atoms with E-state index in [0.717, 1.165) is 0 Å². The van der Waals surface area contributed by atoms with Crippen molar-refractivity contribution in [2.45, 2.75) is 18.6 Å². The van der Waals surface area contributed by atoms with E-state index in [1.165, 1.54) is 10.1 Å². The normalized spacial score (nSPS) is 15.3. The molecule has 1 aliphatic heterocycles. The SMILES string of the molecule is C=C[C@@H](CN1C(=O)c2ccccc2C1=O)[Si](C)(C)c1ccccc1. The van der Waals surface area contributed by atoms with Crippen molar-refractivity contribution in [3.05, 3.63) is 78.4 Å². The van der Waals surface area contributed by atoms with Crippen molar-refractivity contribution in [2.75, 3.05) is 6.54 Å². The number of rotatable bonds is 5. The van der Waals surface area contributed by atoms with Crippen molar-refractivity contribution in [3.8, 4) is 0 Å². The van der Waals surface area contributed by atoms with Crippen LogP contribution in [0, 0.1) is 0 Å². The van der Waals surface area contributed by atoms with E-state index in [0.29, 0.717) is 17.7 Å². The Hall–Kier alpha value is -2.46. The molecule has 1 aliphatic rings. The highest BCUT2D eigenvalue weighted by atomic mass is 28.3. The predicted octanol–water partition coefficient (Wildman–Crippen LogP) is 3.45. The molecular weight excluding hydrogens is 314 g/mol. The summed E-state index contributed by atoms with van der Waals surface area (Å²) in [4.78, 5) is 26.6. The smallest absolute Gasteiger partial charge is 0.261 e. The van der Waals surface area contributed by atoms with E-state index in [9.17, 15) is 9.59 Å². The van der Waals surface area contributed by atoms with Gasteiger partial charge in [-0.3, -0.25) is 14.5 Å². The van der Waals surface area contributed by atoms with E-state index in [-0.39, 0.29) is 17.4 Å². The molecule has 0 aliphatic carbocycles. The minimum atomic E-state index is -1.90. The number of amides is 2. The first-order chi connectivity index (χ1) is 11.5. The fraction of sp³-hybridized carbons (Fsp3) is 0.200. The van der Waals surface area contributed by atoms with Gasteiger partial charge in [-0.05, 0) is 17.7 Å². The first-order valence-corrected chi connectivity index (χ1v) is 11.2. The lowest BCUT2D eigenvalue weighted by molar-refractivity contribution is 0.0656. The summed E-state index contributed by atoms with van der Waals surface area (Å²) in [6.07, 6.45) is 1.91. The van der Waals surface area contributed by atoms with Crippen molar-refractivity contribution in [2.24, 2.45) is 0 Å². The molecule has 0 aromatic heterocycles. The molecule has 122 valence electrons. The molecule has 24 heavy (non-hydrogen) atoms. The lowest BCUT2D eigenvalue weighted by Crippen LogP contribution is -2.49. The number of nitrogens with zero attached hydrogens (tertiary/aromatic N) is 1. The van der Waals surface area contributed by atoms with Crippen molar-refractivity contribution in [3.63, 3.8) is 0 Å². The zero-order valence-corrected chi connectivity index (χ0v) is 15.0. The van der Waals surface area contributed by atoms with Gasteiger partial charge in [0.2, 0.25) is 0 Å². The first-order valence-electron chi connectivity index (χ1n) is 8.10. The predicted molar refractivity (Wildman–Crippen MR) is 99.3 cm³/mol. The van der Waals surface area contributed by atoms with Crippen LogP contribution in [0.5, 0.6) is 0 Å². The average molecular weight is 335 g/mol. The number of fused-ring (bicyclic) bond motifs is 1. The second-order valence-corrected chi connectivity index (χ2v) is 11.5. The molecule has 1 heterocycles. The van der Waals surface area contributed by atoms with Gasteiger partial charge in [0, 0.05) is 6.54 Å². The van der Waals surface area contributed by atoms with Crippen LogP contribution in [-0.4, -0.2) is 31.3 Å². The van der Waals surface area contributed by atoms with Crippen molar-refractivity contribution in [1.29, 1.82) is 0 Å². The van der Waals surface area contributed by atoms with Gasteiger partial charge >= 0.3 is 0 Å². The molecule has 3 nitrogen and oxygen atoms in total. The van der Waals surface area contributed by atoms with Gasteiger partial charge in [-0.15, -0.1) is 6.58 Å². The molecule has 0 fully saturated rings. The highest BCUT2D eigenvalue weighted by Gasteiger charge is 2.40. The number of hydrogen-bond acceptors (Lipinski definition) is 2. The van der Waals surface area contributed by atoms with Crippen LogP contribution in [0.3, 0.4) is 0 Å². The lowest BCUT2D eigenvalue weighted by Gasteiger charge is -2.33. The van der Waals surface area contributed by atoms with Gasteiger partial charge in [-0.25, -0.2) is 0 Å². The molecule has 2 aromatic carbocycles. The highest BCUT2D eigenvalue weighted by molar-refractivity contribution is 6.91. The van der Waals surface area contributed by atoms with Gasteiger partial charge in [-0.2, -0.15) is 0 Å². The summed E-state index contributed by atoms with van der Waals surface area (Å²) < 4.78 is 0. The Morgan fingerprint density at radius 2 is 1.46 bits per heavy atom. The van der Waals surface area contributed by atoms with Crippen LogP contribution in [0.1, 0.15) is 20.7 Å². The maximum absolute atomic E-state index is 12.6. The maximum atomic E-state index is 12.6. The van der Waals surface area contributed by atoms with E-state index < -0.39 is 8.07 Å². The van der Waals surface area contributed by atoms with Crippen LogP contribution in [0.4, 0.5) is 0 Å². The molecule has 0 saturated carbocycles. The quantitative estimate of drug-likeness (QED) is 0.477. The summed E-state index contributed by atoms with van der Waals surface area (Å²) in [6, 6.07) is 17.4. The lowest BCUT2D eigenvalue weighted by atomic mass is 10.1. The van der Waals surface area contributed by atoms with Crippen LogP contribution in [0.15, 0.2) is 67.3 Å². The van der Waals surface area contributed by atoms with E-state index >= 15 is 0 Å². The van der Waals surface area contributed by atoms with Gasteiger partial charge in [0.15, 0.2) is 0 Å². The number of carbonyl (C=O) groups is 2. The largest absolute Gasteiger partial charge is 0.274 e. The summed E-state index contributed by atoms with van der Waals surface area (Å²) in [5.41, 5.74) is 1.11. The van der Waals surface area contributed by atoms with E-state index in [1.54, 1.807) is 24.3 Å². The van der Waals surface area contributed by atoms with Crippen LogP contribution in [0.25, 0.3) is 0 Å². The summed E-state index contributed by atoms with van der Waals surface area (Å²) in [5, 5.41) is 1.30. The number of benzene rings is 2. The second-order valence-electron chi connectivity index (χ2n) is 6.70. The molecule has 0 bridgehead atoms. The van der Waals surface area contributed by atoms with Crippen LogP contribution >= 0.6 is 0 Å². The summed E-state index contributed by atoms with van der Waals surface area (Å²) in [5.74, 6) is -0.388. The molecule has 1 atom stereocenters. The fourth-order valence-electron chi connectivity index (χ4n) is 3.28. The van der Waals surface area contributed by atoms with Gasteiger partial charge in [0.1, 0.15) is 0 Å². The Bertz CT molecular complexity index is 763. The monoisotopic (exact) mass is 335 g/mol. The van der Waals surface area contributed by atoms with Gasteiger partial charge in [0.05, 0.1) is 19.2 Å². The molecule has 0 saturated heterocycles. The molecule has 0 N–H and O–H groups in total. The zero-order chi connectivity index (χ0) is 17.3. The molecular formula is C20H21NO2Si. The summed E-state index contributed by atoms with van der Waals surface area (Å²) in [7, 11) is -1.90. The Balaban J connectivity index is 1.88. The van der Waals surface area contributed by atoms with E-state index in [4.69, 9.17) is 0 Å². The Morgan fingerprint density at radius 1 is 0.958 bits per heavy atom. The van der Waals surface area contributed by atoms with Gasteiger partial charge in [0.25, 0.3) is 11.8 Å². The molecule has 0 spiro atoms. The minimum Gasteiger partial charge on any atom is -0.274 e. The number of imide groups is 1. The Labute approximate surface area is 143 Å². The first kappa shape index (κ1) is 16.4. The standard InChI is InChI=1S/C20H21NO2Si/c1-4-15(24(2,3)16-10-6-5-7-11-16)14-21-19(22)17-12-8-9-13-18(17)20(21)23/h4-13,15H,1,14H2,2-3H3/t15-/m0/s1. The van der Waals surface area contributed by atoms with Crippen LogP contribution in [-0.2, 0) is 0 Å². The third kappa shape index (κ3) is 2.63. The fourth-order valence-corrected chi connectivity index (χ4v) is 5.99. The summed E-state index contributed by atoms with van der Waals surface area (Å²) in [6.45, 7) is 8.89. The van der Waals surface area contributed by atoms with Crippen molar-refractivity contribution >= 4 is 25.1 Å². The van der Waals surface area contributed by atoms with Crippen LogP contribution in [0.2, 0.25) is 18.6 Å². The Morgan fingerprint density at radius 3 is 1.96 bits per heavy atom. The van der Waals surface area contributed by atoms with Crippen molar-refractivity contribution < 1.29 is 9.59 Å². The number of carbonyl (C=O) groups excluding carboxylic acids is 2. The molecule has 0 unspecified atom stereocenters. The van der Waals surface area contributed by atoms with Crippen LogP contribution < -0.4 is 5.19 Å². The topological polar surface area (TPSA) is 37.4 Å². The van der Waals surface area contributed by atoms with E-state index in [1.807, 2.05) is 24.3 Å². The molecule has 0 radical (unpaired) electrons. The molecule has 3 rings (SSSR count). The minimum absolute atomic E-state index is 0.0992. The van der Waals surface area contributed by atoms with Gasteiger partial charge in [-0.1, -0.05) is 66.8 Å². The van der Waals surface area contributed by atoms with Gasteiger partial charge < -0.3 is 0 Å². The zero-order valence-electron chi connectivity index (χ0n) is 14.0. The van der Waals surface area contributed by atoms with Crippen molar-refractivity contribution in [1.82, 2.24) is 4.90 Å². The highest BCUT2D eigenvalue weighted by Crippen LogP contribution is 2.29. The third-order valence-electron chi connectivity index (χ3n) is 4.99. The molecule has 2 amide bonds. The molecule has 4 heteroatoms. The average Bonchev–Trinajstić information content (AvgIpc) is 2.85. The third-order valence-corrected chi connectivity index (χ3v) is 9.08.